The number of rotatable bonds is 7. The van der Waals surface area contributed by atoms with Gasteiger partial charge in [-0.15, -0.1) is 0 Å². The normalized spacial score (nSPS) is 11.7. The van der Waals surface area contributed by atoms with Crippen molar-refractivity contribution in [2.75, 3.05) is 7.11 Å². The van der Waals surface area contributed by atoms with Gasteiger partial charge in [0.25, 0.3) is 0 Å². The number of benzene rings is 2. The van der Waals surface area contributed by atoms with E-state index in [-0.39, 0.29) is 6.42 Å². The van der Waals surface area contributed by atoms with Crippen LogP contribution in [0.3, 0.4) is 0 Å². The lowest BCUT2D eigenvalue weighted by molar-refractivity contribution is -0.138. The van der Waals surface area contributed by atoms with E-state index in [1.165, 1.54) is 7.11 Å². The molecule has 0 aromatic heterocycles. The number of aliphatic carboxylic acids is 1. The fourth-order valence-electron chi connectivity index (χ4n) is 2.05. The third-order valence-electron chi connectivity index (χ3n) is 3.26. The molecule has 0 saturated heterocycles. The van der Waals surface area contributed by atoms with Gasteiger partial charge in [-0.25, -0.2) is 0 Å². The Morgan fingerprint density at radius 2 is 1.95 bits per heavy atom. The minimum Gasteiger partial charge on any atom is -0.496 e. The minimum absolute atomic E-state index is 0.206. The van der Waals surface area contributed by atoms with Crippen LogP contribution in [0.2, 0.25) is 0 Å². The van der Waals surface area contributed by atoms with Crippen molar-refractivity contribution >= 4 is 5.97 Å². The fourth-order valence-corrected chi connectivity index (χ4v) is 2.05. The zero-order chi connectivity index (χ0) is 15.9. The number of carbonyl (C=O) groups is 1. The second-order valence-corrected chi connectivity index (χ2v) is 4.90. The van der Waals surface area contributed by atoms with Gasteiger partial charge in [0.2, 0.25) is 0 Å². The van der Waals surface area contributed by atoms with Crippen LogP contribution in [0.1, 0.15) is 11.1 Å². The van der Waals surface area contributed by atoms with Gasteiger partial charge in [0.05, 0.1) is 7.11 Å². The van der Waals surface area contributed by atoms with E-state index in [9.17, 15) is 4.79 Å². The summed E-state index contributed by atoms with van der Waals surface area (Å²) < 4.78 is 11.0. The molecule has 1 atom stereocenters. The molecule has 0 bridgehead atoms. The van der Waals surface area contributed by atoms with Gasteiger partial charge < -0.3 is 20.3 Å². The first-order chi connectivity index (χ1) is 10.6. The first-order valence-corrected chi connectivity index (χ1v) is 6.92. The number of hydrogen-bond donors (Lipinski definition) is 2. The molecular weight excluding hydrogens is 282 g/mol. The third-order valence-corrected chi connectivity index (χ3v) is 3.26. The maximum absolute atomic E-state index is 10.8. The van der Waals surface area contributed by atoms with Crippen molar-refractivity contribution in [2.24, 2.45) is 5.73 Å². The summed E-state index contributed by atoms with van der Waals surface area (Å²) >= 11 is 0. The minimum atomic E-state index is -1.04. The molecule has 0 aliphatic rings. The van der Waals surface area contributed by atoms with E-state index in [2.05, 4.69) is 0 Å². The summed E-state index contributed by atoms with van der Waals surface area (Å²) in [6.07, 6.45) is 0.206. The Kier molecular flexibility index (Phi) is 5.38. The zero-order valence-electron chi connectivity index (χ0n) is 12.4. The van der Waals surface area contributed by atoms with E-state index >= 15 is 0 Å². The second-order valence-electron chi connectivity index (χ2n) is 4.90. The third kappa shape index (κ3) is 4.23. The summed E-state index contributed by atoms with van der Waals surface area (Å²) in [4.78, 5) is 10.8. The summed E-state index contributed by atoms with van der Waals surface area (Å²) in [5.74, 6) is 0.196. The van der Waals surface area contributed by atoms with Gasteiger partial charge >= 0.3 is 5.97 Å². The SMILES string of the molecule is COc1cc(OCc2ccccc2)ccc1CC(N)C(=O)O. The van der Waals surface area contributed by atoms with E-state index < -0.39 is 12.0 Å². The quantitative estimate of drug-likeness (QED) is 0.819. The number of methoxy groups -OCH3 is 1. The number of nitrogens with two attached hydrogens (primary N) is 1. The number of carboxylic acid groups (broad SMARTS) is 1. The van der Waals surface area contributed by atoms with Gasteiger partial charge in [-0.05, 0) is 17.2 Å². The van der Waals surface area contributed by atoms with Crippen LogP contribution in [0.5, 0.6) is 11.5 Å². The molecule has 5 heteroatoms. The molecule has 0 aliphatic carbocycles. The van der Waals surface area contributed by atoms with Gasteiger partial charge in [0, 0.05) is 12.5 Å². The zero-order valence-corrected chi connectivity index (χ0v) is 12.4. The van der Waals surface area contributed by atoms with Crippen molar-refractivity contribution in [3.8, 4) is 11.5 Å². The Labute approximate surface area is 129 Å². The molecule has 116 valence electrons. The van der Waals surface area contributed by atoms with E-state index in [1.54, 1.807) is 18.2 Å². The molecule has 2 rings (SSSR count). The summed E-state index contributed by atoms with van der Waals surface area (Å²) in [5, 5.41) is 8.88. The van der Waals surface area contributed by atoms with Crippen molar-refractivity contribution in [3.05, 3.63) is 59.7 Å². The molecule has 2 aromatic carbocycles. The number of hydrogen-bond acceptors (Lipinski definition) is 4. The first-order valence-electron chi connectivity index (χ1n) is 6.92. The average Bonchev–Trinajstić information content (AvgIpc) is 2.54. The Morgan fingerprint density at radius 3 is 2.59 bits per heavy atom. The molecule has 5 nitrogen and oxygen atoms in total. The van der Waals surface area contributed by atoms with Gasteiger partial charge in [0.15, 0.2) is 0 Å². The standard InChI is InChI=1S/C17H19NO4/c1-21-16-10-14(22-11-12-5-3-2-4-6-12)8-7-13(16)9-15(18)17(19)20/h2-8,10,15H,9,11,18H2,1H3,(H,19,20). The molecule has 2 aromatic rings. The highest BCUT2D eigenvalue weighted by Crippen LogP contribution is 2.26. The largest absolute Gasteiger partial charge is 0.496 e. The Hall–Kier alpha value is -2.53. The summed E-state index contributed by atoms with van der Waals surface area (Å²) in [7, 11) is 1.53. The molecule has 0 heterocycles. The van der Waals surface area contributed by atoms with Crippen molar-refractivity contribution < 1.29 is 19.4 Å². The molecule has 0 amide bonds. The van der Waals surface area contributed by atoms with Gasteiger partial charge in [-0.3, -0.25) is 4.79 Å². The highest BCUT2D eigenvalue weighted by atomic mass is 16.5. The van der Waals surface area contributed by atoms with Crippen LogP contribution in [0.25, 0.3) is 0 Å². The summed E-state index contributed by atoms with van der Waals surface area (Å²) in [5.41, 5.74) is 7.37. The lowest BCUT2D eigenvalue weighted by atomic mass is 10.1. The Morgan fingerprint density at radius 1 is 1.23 bits per heavy atom. The fraction of sp³-hybridized carbons (Fsp3) is 0.235. The smallest absolute Gasteiger partial charge is 0.320 e. The van der Waals surface area contributed by atoms with E-state index in [0.717, 1.165) is 11.1 Å². The molecule has 1 unspecified atom stereocenters. The van der Waals surface area contributed by atoms with Crippen molar-refractivity contribution in [1.29, 1.82) is 0 Å². The summed E-state index contributed by atoms with van der Waals surface area (Å²) in [6, 6.07) is 14.2. The van der Waals surface area contributed by atoms with E-state index in [4.69, 9.17) is 20.3 Å². The Balaban J connectivity index is 2.06. The molecule has 3 N–H and O–H groups in total. The van der Waals surface area contributed by atoms with Crippen LogP contribution >= 0.6 is 0 Å². The highest BCUT2D eigenvalue weighted by molar-refractivity contribution is 5.73. The predicted octanol–water partition coefficient (Wildman–Crippen LogP) is 2.23. The molecule has 0 aliphatic heterocycles. The van der Waals surface area contributed by atoms with Gasteiger partial charge in [-0.1, -0.05) is 36.4 Å². The van der Waals surface area contributed by atoms with Crippen molar-refractivity contribution in [1.82, 2.24) is 0 Å². The molecular formula is C17H19NO4. The monoisotopic (exact) mass is 301 g/mol. The van der Waals surface area contributed by atoms with Crippen molar-refractivity contribution in [2.45, 2.75) is 19.1 Å². The van der Waals surface area contributed by atoms with Gasteiger partial charge in [0.1, 0.15) is 24.1 Å². The van der Waals surface area contributed by atoms with Crippen LogP contribution in [0.15, 0.2) is 48.5 Å². The number of carboxylic acids is 1. The van der Waals surface area contributed by atoms with Crippen LogP contribution in [-0.2, 0) is 17.8 Å². The topological polar surface area (TPSA) is 81.8 Å². The van der Waals surface area contributed by atoms with Crippen molar-refractivity contribution in [3.63, 3.8) is 0 Å². The summed E-state index contributed by atoms with van der Waals surface area (Å²) in [6.45, 7) is 0.456. The van der Waals surface area contributed by atoms with Crippen LogP contribution < -0.4 is 15.2 Å². The highest BCUT2D eigenvalue weighted by Gasteiger charge is 2.15. The number of ether oxygens (including phenoxy) is 2. The predicted molar refractivity (Wildman–Crippen MR) is 83.1 cm³/mol. The van der Waals surface area contributed by atoms with E-state index in [1.807, 2.05) is 30.3 Å². The van der Waals surface area contributed by atoms with Gasteiger partial charge in [-0.2, -0.15) is 0 Å². The second kappa shape index (κ2) is 7.47. The Bertz CT molecular complexity index is 628. The lowest BCUT2D eigenvalue weighted by Crippen LogP contribution is -2.32. The van der Waals surface area contributed by atoms with Crippen LogP contribution in [0, 0.1) is 0 Å². The lowest BCUT2D eigenvalue weighted by Gasteiger charge is -2.13. The molecule has 0 saturated carbocycles. The first kappa shape index (κ1) is 15.9. The van der Waals surface area contributed by atoms with Crippen LogP contribution in [-0.4, -0.2) is 24.2 Å². The maximum atomic E-state index is 10.8. The average molecular weight is 301 g/mol. The van der Waals surface area contributed by atoms with Crippen LogP contribution in [0.4, 0.5) is 0 Å². The maximum Gasteiger partial charge on any atom is 0.320 e. The molecule has 0 spiro atoms. The van der Waals surface area contributed by atoms with E-state index in [0.29, 0.717) is 18.1 Å². The molecule has 0 fully saturated rings. The molecule has 0 radical (unpaired) electrons. The molecule has 22 heavy (non-hydrogen) atoms.